The van der Waals surface area contributed by atoms with E-state index in [1.54, 1.807) is 0 Å². The molecule has 73 heavy (non-hydrogen) atoms. The predicted octanol–water partition coefficient (Wildman–Crippen LogP) is 20.9. The van der Waals surface area contributed by atoms with E-state index in [1.165, 1.54) is 148 Å². The molecule has 0 aromatic carbocycles. The third kappa shape index (κ3) is 59.1. The van der Waals surface area contributed by atoms with Crippen molar-refractivity contribution in [1.82, 2.24) is 0 Å². The van der Waals surface area contributed by atoms with Crippen LogP contribution in [0.25, 0.3) is 0 Å². The number of hydrogen-bond donors (Lipinski definition) is 0. The van der Waals surface area contributed by atoms with Crippen LogP contribution in [-0.4, -0.2) is 37.2 Å². The molecule has 6 nitrogen and oxygen atoms in total. The zero-order chi connectivity index (χ0) is 52.9. The van der Waals surface area contributed by atoms with Crippen molar-refractivity contribution in [2.45, 2.75) is 297 Å². The molecule has 0 saturated heterocycles. The molecule has 0 radical (unpaired) electrons. The molecule has 0 heterocycles. The molecule has 0 amide bonds. The Hall–Kier alpha value is -3.67. The summed E-state index contributed by atoms with van der Waals surface area (Å²) in [6, 6.07) is 0. The summed E-state index contributed by atoms with van der Waals surface area (Å²) in [6.45, 7) is 6.47. The first-order chi connectivity index (χ1) is 36.0. The molecule has 0 bridgehead atoms. The van der Waals surface area contributed by atoms with Gasteiger partial charge in [-0.15, -0.1) is 0 Å². The highest BCUT2D eigenvalue weighted by Gasteiger charge is 2.19. The van der Waals surface area contributed by atoms with Crippen molar-refractivity contribution in [2.24, 2.45) is 0 Å². The van der Waals surface area contributed by atoms with E-state index in [1.807, 2.05) is 0 Å². The molecular weight excluding hydrogens is 901 g/mol. The fraction of sp³-hybridized carbons (Fsp3) is 0.716. The summed E-state index contributed by atoms with van der Waals surface area (Å²) >= 11 is 0. The molecule has 0 fully saturated rings. The number of allylic oxidation sites excluding steroid dienone is 16. The van der Waals surface area contributed by atoms with E-state index >= 15 is 0 Å². The van der Waals surface area contributed by atoms with Gasteiger partial charge in [0.05, 0.1) is 0 Å². The molecule has 0 N–H and O–H groups in total. The molecule has 0 aromatic rings. The van der Waals surface area contributed by atoms with Gasteiger partial charge in [0.25, 0.3) is 0 Å². The van der Waals surface area contributed by atoms with Gasteiger partial charge in [0.2, 0.25) is 0 Å². The first kappa shape index (κ1) is 69.3. The molecule has 0 aliphatic carbocycles. The fourth-order valence-corrected chi connectivity index (χ4v) is 8.44. The maximum absolute atomic E-state index is 12.9. The molecular formula is C67H114O6. The monoisotopic (exact) mass is 1010 g/mol. The second-order valence-corrected chi connectivity index (χ2v) is 20.2. The van der Waals surface area contributed by atoms with Crippen molar-refractivity contribution in [3.8, 4) is 0 Å². The van der Waals surface area contributed by atoms with Gasteiger partial charge < -0.3 is 14.2 Å². The van der Waals surface area contributed by atoms with E-state index < -0.39 is 6.10 Å². The number of hydrogen-bond acceptors (Lipinski definition) is 6. The average molecular weight is 1020 g/mol. The van der Waals surface area contributed by atoms with Gasteiger partial charge in [0, 0.05) is 19.3 Å². The molecule has 0 unspecified atom stereocenters. The van der Waals surface area contributed by atoms with E-state index in [0.717, 1.165) is 96.3 Å². The first-order valence-corrected chi connectivity index (χ1v) is 30.7. The van der Waals surface area contributed by atoms with Crippen molar-refractivity contribution >= 4 is 17.9 Å². The Morgan fingerprint density at radius 3 is 0.890 bits per heavy atom. The fourth-order valence-electron chi connectivity index (χ4n) is 8.44. The lowest BCUT2D eigenvalue weighted by molar-refractivity contribution is -0.167. The largest absolute Gasteiger partial charge is 0.462 e. The van der Waals surface area contributed by atoms with Crippen LogP contribution in [0.15, 0.2) is 97.2 Å². The summed E-state index contributed by atoms with van der Waals surface area (Å²) in [7, 11) is 0. The molecule has 1 atom stereocenters. The Balaban J connectivity index is 4.46. The minimum absolute atomic E-state index is 0.106. The average Bonchev–Trinajstić information content (AvgIpc) is 3.39. The van der Waals surface area contributed by atoms with E-state index in [4.69, 9.17) is 14.2 Å². The van der Waals surface area contributed by atoms with Crippen LogP contribution in [0, 0.1) is 0 Å². The lowest BCUT2D eigenvalue weighted by Crippen LogP contribution is -2.30. The number of unbranched alkanes of at least 4 members (excludes halogenated alkanes) is 28. The van der Waals surface area contributed by atoms with E-state index in [0.29, 0.717) is 19.3 Å². The highest BCUT2D eigenvalue weighted by atomic mass is 16.6. The summed E-state index contributed by atoms with van der Waals surface area (Å²) in [5.41, 5.74) is 0. The Morgan fingerprint density at radius 1 is 0.288 bits per heavy atom. The summed E-state index contributed by atoms with van der Waals surface area (Å²) in [5, 5.41) is 0. The molecule has 0 spiro atoms. The van der Waals surface area contributed by atoms with Gasteiger partial charge in [0.15, 0.2) is 6.10 Å². The van der Waals surface area contributed by atoms with Crippen LogP contribution in [-0.2, 0) is 28.6 Å². The third-order valence-corrected chi connectivity index (χ3v) is 13.0. The van der Waals surface area contributed by atoms with Crippen molar-refractivity contribution < 1.29 is 28.6 Å². The normalized spacial score (nSPS) is 12.8. The molecule has 0 aliphatic heterocycles. The first-order valence-electron chi connectivity index (χ1n) is 30.7. The lowest BCUT2D eigenvalue weighted by atomic mass is 10.0. The Labute approximate surface area is 451 Å². The quantitative estimate of drug-likeness (QED) is 0.0261. The van der Waals surface area contributed by atoms with Gasteiger partial charge in [-0.25, -0.2) is 0 Å². The third-order valence-electron chi connectivity index (χ3n) is 13.0. The van der Waals surface area contributed by atoms with Crippen LogP contribution < -0.4 is 0 Å². The molecule has 6 heteroatoms. The summed E-state index contributed by atoms with van der Waals surface area (Å²) in [5.74, 6) is -0.977. The van der Waals surface area contributed by atoms with E-state index in [9.17, 15) is 14.4 Å². The standard InChI is InChI=1S/C67H114O6/c1-4-7-10-13-16-19-22-25-28-31-32-33-34-37-39-42-45-48-51-54-57-60-66(69)72-63-64(73-67(70)61-58-55-52-49-46-43-40-36-30-27-24-21-18-15-12-9-6-3)62-71-65(68)59-56-53-50-47-44-41-38-35-29-26-23-20-17-14-11-8-5-2/h8,11,17,20,25-30,38,40-41,43,49,52,64H,4-7,9-10,12-16,18-19,21-24,31-37,39,42,44-48,50-51,53-63H2,1-3H3/b11-8-,20-17-,28-25-,29-26-,30-27-,41-38-,43-40-,52-49-/t64-/m1/s1. The molecule has 0 aliphatic rings. The molecule has 0 rings (SSSR count). The summed E-state index contributed by atoms with van der Waals surface area (Å²) < 4.78 is 16.8. The number of carbonyl (C=O) groups excluding carboxylic acids is 3. The molecule has 0 saturated carbocycles. The molecule has 418 valence electrons. The van der Waals surface area contributed by atoms with Crippen molar-refractivity contribution in [2.75, 3.05) is 13.2 Å². The van der Waals surface area contributed by atoms with Gasteiger partial charge in [0.1, 0.15) is 13.2 Å². The van der Waals surface area contributed by atoms with Gasteiger partial charge in [-0.1, -0.05) is 253 Å². The van der Waals surface area contributed by atoms with Crippen LogP contribution in [0.5, 0.6) is 0 Å². The van der Waals surface area contributed by atoms with Gasteiger partial charge >= 0.3 is 17.9 Å². The number of ether oxygens (including phenoxy) is 3. The van der Waals surface area contributed by atoms with Gasteiger partial charge in [-0.3, -0.25) is 14.4 Å². The number of carbonyl (C=O) groups is 3. The smallest absolute Gasteiger partial charge is 0.306 e. The second-order valence-electron chi connectivity index (χ2n) is 20.2. The minimum atomic E-state index is -0.816. The van der Waals surface area contributed by atoms with Crippen LogP contribution in [0.4, 0.5) is 0 Å². The minimum Gasteiger partial charge on any atom is -0.462 e. The van der Waals surface area contributed by atoms with Crippen LogP contribution in [0.3, 0.4) is 0 Å². The summed E-state index contributed by atoms with van der Waals surface area (Å²) in [6.07, 6.45) is 81.3. The van der Waals surface area contributed by atoms with E-state index in [2.05, 4.69) is 118 Å². The SMILES string of the molecule is CC/C=C\C/C=C\C/C=C\C/C=C\CCCCCCC(=O)OC[C@H](COC(=O)CCCCCCCCCCCCC/C=C\CCCCCCCC)OC(=O)CCC/C=C\C/C=C\C/C=C\CCCCCCCC. The molecule has 0 aromatic heterocycles. The van der Waals surface area contributed by atoms with Crippen molar-refractivity contribution in [1.29, 1.82) is 0 Å². The van der Waals surface area contributed by atoms with Gasteiger partial charge in [-0.05, 0) is 116 Å². The second kappa shape index (κ2) is 60.9. The van der Waals surface area contributed by atoms with Crippen LogP contribution in [0.2, 0.25) is 0 Å². The maximum Gasteiger partial charge on any atom is 0.306 e. The Kier molecular flexibility index (Phi) is 57.8. The van der Waals surface area contributed by atoms with Crippen LogP contribution in [0.1, 0.15) is 290 Å². The highest BCUT2D eigenvalue weighted by molar-refractivity contribution is 5.71. The van der Waals surface area contributed by atoms with Gasteiger partial charge in [-0.2, -0.15) is 0 Å². The van der Waals surface area contributed by atoms with Crippen molar-refractivity contribution in [3.63, 3.8) is 0 Å². The topological polar surface area (TPSA) is 78.9 Å². The number of esters is 3. The lowest BCUT2D eigenvalue weighted by Gasteiger charge is -2.18. The highest BCUT2D eigenvalue weighted by Crippen LogP contribution is 2.15. The predicted molar refractivity (Wildman–Crippen MR) is 316 cm³/mol. The number of rotatable bonds is 55. The zero-order valence-corrected chi connectivity index (χ0v) is 47.9. The summed E-state index contributed by atoms with van der Waals surface area (Å²) in [4.78, 5) is 38.2. The zero-order valence-electron chi connectivity index (χ0n) is 47.9. The van der Waals surface area contributed by atoms with Crippen molar-refractivity contribution in [3.05, 3.63) is 97.2 Å². The maximum atomic E-state index is 12.9. The van der Waals surface area contributed by atoms with Crippen LogP contribution >= 0.6 is 0 Å². The Bertz CT molecular complexity index is 1440. The van der Waals surface area contributed by atoms with E-state index in [-0.39, 0.29) is 37.5 Å². The Morgan fingerprint density at radius 2 is 0.548 bits per heavy atom.